The molecule has 1 aromatic heterocycles. The fourth-order valence-corrected chi connectivity index (χ4v) is 2.76. The minimum absolute atomic E-state index is 0.139. The van der Waals surface area contributed by atoms with Crippen molar-refractivity contribution in [3.8, 4) is 11.3 Å². The van der Waals surface area contributed by atoms with E-state index in [9.17, 15) is 14.4 Å². The second kappa shape index (κ2) is 8.83. The van der Waals surface area contributed by atoms with E-state index in [1.807, 2.05) is 6.07 Å². The van der Waals surface area contributed by atoms with Crippen LogP contribution in [0.2, 0.25) is 0 Å². The van der Waals surface area contributed by atoms with Gasteiger partial charge in [0.15, 0.2) is 0 Å². The summed E-state index contributed by atoms with van der Waals surface area (Å²) in [7, 11) is 0. The largest absolute Gasteiger partial charge is 0.478 e. The number of carboxylic acid groups (broad SMARTS) is 1. The second-order valence-electron chi connectivity index (χ2n) is 6.17. The molecule has 29 heavy (non-hydrogen) atoms. The molecule has 1 heterocycles. The molecule has 0 aliphatic carbocycles. The molecule has 0 radical (unpaired) electrons. The fraction of sp³-hybridized carbons (Fsp3) is 0.143. The molecule has 8 heteroatoms. The van der Waals surface area contributed by atoms with Crippen LogP contribution in [-0.4, -0.2) is 33.3 Å². The number of aromatic carboxylic acids is 1. The SMILES string of the molecule is CCOC(=O)Nc1cccc(Cn2cc(-c3cccc(C(=O)O)c3)ncc2=O)c1. The van der Waals surface area contributed by atoms with E-state index in [1.54, 1.807) is 43.5 Å². The van der Waals surface area contributed by atoms with Gasteiger partial charge in [-0.2, -0.15) is 0 Å². The van der Waals surface area contributed by atoms with Crippen LogP contribution in [-0.2, 0) is 11.3 Å². The van der Waals surface area contributed by atoms with Crippen LogP contribution < -0.4 is 10.9 Å². The highest BCUT2D eigenvalue weighted by Gasteiger charge is 2.09. The molecular weight excluding hydrogens is 374 g/mol. The molecule has 0 saturated carbocycles. The molecule has 0 spiro atoms. The van der Waals surface area contributed by atoms with Gasteiger partial charge in [0.05, 0.1) is 30.6 Å². The number of hydrogen-bond donors (Lipinski definition) is 2. The number of rotatable bonds is 6. The summed E-state index contributed by atoms with van der Waals surface area (Å²) in [4.78, 5) is 39.1. The molecule has 3 aromatic rings. The Balaban J connectivity index is 1.86. The van der Waals surface area contributed by atoms with Crippen LogP contribution in [0.3, 0.4) is 0 Å². The number of carboxylic acids is 1. The van der Waals surface area contributed by atoms with E-state index < -0.39 is 12.1 Å². The first-order valence-corrected chi connectivity index (χ1v) is 8.89. The van der Waals surface area contributed by atoms with Crippen molar-refractivity contribution in [2.24, 2.45) is 0 Å². The Morgan fingerprint density at radius 2 is 1.97 bits per heavy atom. The number of nitrogens with one attached hydrogen (secondary N) is 1. The summed E-state index contributed by atoms with van der Waals surface area (Å²) in [5.74, 6) is -1.04. The van der Waals surface area contributed by atoms with E-state index in [0.29, 0.717) is 16.9 Å². The second-order valence-corrected chi connectivity index (χ2v) is 6.17. The lowest BCUT2D eigenvalue weighted by Gasteiger charge is -2.10. The Morgan fingerprint density at radius 1 is 1.17 bits per heavy atom. The van der Waals surface area contributed by atoms with Gasteiger partial charge in [0.1, 0.15) is 0 Å². The maximum Gasteiger partial charge on any atom is 0.411 e. The Bertz CT molecular complexity index is 1110. The number of aromatic nitrogens is 2. The number of nitrogens with zero attached hydrogens (tertiary/aromatic N) is 2. The number of anilines is 1. The van der Waals surface area contributed by atoms with Crippen LogP contribution in [0.15, 0.2) is 65.7 Å². The van der Waals surface area contributed by atoms with Crippen molar-refractivity contribution < 1.29 is 19.4 Å². The zero-order valence-corrected chi connectivity index (χ0v) is 15.7. The zero-order valence-electron chi connectivity index (χ0n) is 15.7. The summed E-state index contributed by atoms with van der Waals surface area (Å²) in [5.41, 5.74) is 2.26. The summed E-state index contributed by atoms with van der Waals surface area (Å²) in [6, 6.07) is 13.4. The molecule has 0 unspecified atom stereocenters. The highest BCUT2D eigenvalue weighted by molar-refractivity contribution is 5.89. The van der Waals surface area contributed by atoms with E-state index in [2.05, 4.69) is 10.3 Å². The molecule has 0 saturated heterocycles. The predicted molar refractivity (Wildman–Crippen MR) is 107 cm³/mol. The molecule has 8 nitrogen and oxygen atoms in total. The quantitative estimate of drug-likeness (QED) is 0.665. The third-order valence-electron chi connectivity index (χ3n) is 4.08. The minimum atomic E-state index is -1.04. The third kappa shape index (κ3) is 5.07. The average Bonchev–Trinajstić information content (AvgIpc) is 2.70. The Labute approximate surface area is 166 Å². The molecule has 2 aromatic carbocycles. The highest BCUT2D eigenvalue weighted by Crippen LogP contribution is 2.18. The van der Waals surface area contributed by atoms with Crippen molar-refractivity contribution in [2.45, 2.75) is 13.5 Å². The Morgan fingerprint density at radius 3 is 2.72 bits per heavy atom. The van der Waals surface area contributed by atoms with Crippen LogP contribution in [0.1, 0.15) is 22.8 Å². The summed E-state index contributed by atoms with van der Waals surface area (Å²) in [5, 5.41) is 11.8. The average molecular weight is 393 g/mol. The van der Waals surface area contributed by atoms with E-state index in [-0.39, 0.29) is 24.3 Å². The Hall–Kier alpha value is -3.94. The van der Waals surface area contributed by atoms with Gasteiger partial charge in [0.25, 0.3) is 5.56 Å². The van der Waals surface area contributed by atoms with Gasteiger partial charge in [0, 0.05) is 17.4 Å². The number of benzene rings is 2. The molecular formula is C21H19N3O5. The zero-order chi connectivity index (χ0) is 20.8. The maximum absolute atomic E-state index is 12.2. The first-order valence-electron chi connectivity index (χ1n) is 8.89. The summed E-state index contributed by atoms with van der Waals surface area (Å²) in [6.07, 6.45) is 2.23. The molecule has 2 N–H and O–H groups in total. The van der Waals surface area contributed by atoms with Crippen LogP contribution >= 0.6 is 0 Å². The topological polar surface area (TPSA) is 111 Å². The van der Waals surface area contributed by atoms with Gasteiger partial charge in [-0.05, 0) is 36.8 Å². The van der Waals surface area contributed by atoms with Crippen molar-refractivity contribution in [1.29, 1.82) is 0 Å². The number of amides is 1. The van der Waals surface area contributed by atoms with Gasteiger partial charge in [-0.3, -0.25) is 10.1 Å². The third-order valence-corrected chi connectivity index (χ3v) is 4.08. The van der Waals surface area contributed by atoms with Crippen LogP contribution in [0.5, 0.6) is 0 Å². The number of ether oxygens (including phenoxy) is 1. The molecule has 0 bridgehead atoms. The smallest absolute Gasteiger partial charge is 0.411 e. The summed E-state index contributed by atoms with van der Waals surface area (Å²) < 4.78 is 6.33. The summed E-state index contributed by atoms with van der Waals surface area (Å²) >= 11 is 0. The van der Waals surface area contributed by atoms with Crippen LogP contribution in [0.4, 0.5) is 10.5 Å². The first kappa shape index (κ1) is 19.8. The maximum atomic E-state index is 12.2. The van der Waals surface area contributed by atoms with E-state index in [0.717, 1.165) is 5.56 Å². The number of carbonyl (C=O) groups excluding carboxylic acids is 1. The normalized spacial score (nSPS) is 10.4. The van der Waals surface area contributed by atoms with Crippen molar-refractivity contribution in [3.05, 3.63) is 82.4 Å². The monoisotopic (exact) mass is 393 g/mol. The van der Waals surface area contributed by atoms with Gasteiger partial charge in [0.2, 0.25) is 0 Å². The molecule has 0 fully saturated rings. The number of carbonyl (C=O) groups is 2. The van der Waals surface area contributed by atoms with Gasteiger partial charge >= 0.3 is 12.1 Å². The Kier molecular flexibility index (Phi) is 6.03. The molecule has 3 rings (SSSR count). The standard InChI is InChI=1S/C21H19N3O5/c1-2-29-21(28)23-17-8-3-5-14(9-17)12-24-13-18(22-11-19(24)25)15-6-4-7-16(10-15)20(26)27/h3-11,13H,2,12H2,1H3,(H,23,28)(H,26,27). The van der Waals surface area contributed by atoms with E-state index in [1.165, 1.54) is 22.9 Å². The van der Waals surface area contributed by atoms with Gasteiger partial charge in [-0.1, -0.05) is 24.3 Å². The van der Waals surface area contributed by atoms with Gasteiger partial charge < -0.3 is 14.4 Å². The molecule has 1 amide bonds. The summed E-state index contributed by atoms with van der Waals surface area (Å²) in [6.45, 7) is 2.24. The lowest BCUT2D eigenvalue weighted by atomic mass is 10.1. The first-order chi connectivity index (χ1) is 14.0. The van der Waals surface area contributed by atoms with Crippen LogP contribution in [0, 0.1) is 0 Å². The highest BCUT2D eigenvalue weighted by atomic mass is 16.5. The lowest BCUT2D eigenvalue weighted by Crippen LogP contribution is -2.20. The van der Waals surface area contributed by atoms with Crippen molar-refractivity contribution >= 4 is 17.7 Å². The van der Waals surface area contributed by atoms with E-state index >= 15 is 0 Å². The van der Waals surface area contributed by atoms with Crippen molar-refractivity contribution in [3.63, 3.8) is 0 Å². The van der Waals surface area contributed by atoms with Crippen molar-refractivity contribution in [1.82, 2.24) is 9.55 Å². The van der Waals surface area contributed by atoms with Crippen LogP contribution in [0.25, 0.3) is 11.3 Å². The lowest BCUT2D eigenvalue weighted by molar-refractivity contribution is 0.0697. The molecule has 0 atom stereocenters. The molecule has 148 valence electrons. The minimum Gasteiger partial charge on any atom is -0.478 e. The predicted octanol–water partition coefficient (Wildman–Crippen LogP) is 3.23. The van der Waals surface area contributed by atoms with Crippen molar-refractivity contribution in [2.75, 3.05) is 11.9 Å². The molecule has 0 aliphatic rings. The number of hydrogen-bond acceptors (Lipinski definition) is 5. The van der Waals surface area contributed by atoms with E-state index in [4.69, 9.17) is 9.84 Å². The fourth-order valence-electron chi connectivity index (χ4n) is 2.76. The molecule has 0 aliphatic heterocycles. The van der Waals surface area contributed by atoms with Gasteiger partial charge in [-0.25, -0.2) is 14.6 Å². The van der Waals surface area contributed by atoms with Gasteiger partial charge in [-0.15, -0.1) is 0 Å².